The van der Waals surface area contributed by atoms with Crippen LogP contribution < -0.4 is 5.32 Å². The van der Waals surface area contributed by atoms with E-state index in [1.807, 2.05) is 30.3 Å². The molecule has 38 heavy (non-hydrogen) atoms. The predicted octanol–water partition coefficient (Wildman–Crippen LogP) is 6.37. The van der Waals surface area contributed by atoms with Crippen LogP contribution in [0.3, 0.4) is 0 Å². The van der Waals surface area contributed by atoms with Gasteiger partial charge in [-0.1, -0.05) is 78.3 Å². The fourth-order valence-corrected chi connectivity index (χ4v) is 4.99. The molecule has 1 heterocycles. The van der Waals surface area contributed by atoms with Crippen LogP contribution in [0.15, 0.2) is 78.9 Å². The van der Waals surface area contributed by atoms with E-state index >= 15 is 4.39 Å². The Morgan fingerprint density at radius 1 is 1.00 bits per heavy atom. The molecule has 1 aliphatic heterocycles. The van der Waals surface area contributed by atoms with E-state index in [0.717, 1.165) is 17.7 Å². The fourth-order valence-electron chi connectivity index (χ4n) is 4.76. The summed E-state index contributed by atoms with van der Waals surface area (Å²) < 4.78 is 55.5. The highest BCUT2D eigenvalue weighted by molar-refractivity contribution is 6.31. The number of aliphatic hydroxyl groups is 1. The van der Waals surface area contributed by atoms with Crippen molar-refractivity contribution in [2.24, 2.45) is 0 Å². The van der Waals surface area contributed by atoms with Crippen LogP contribution in [0.4, 0.5) is 17.6 Å². The van der Waals surface area contributed by atoms with Gasteiger partial charge in [-0.2, -0.15) is 13.2 Å². The predicted molar refractivity (Wildman–Crippen MR) is 139 cm³/mol. The molecule has 2 atom stereocenters. The number of nitrogens with zero attached hydrogens (tertiary/aromatic N) is 1. The van der Waals surface area contributed by atoms with E-state index in [1.54, 1.807) is 30.3 Å². The molecule has 0 aliphatic carbocycles. The Morgan fingerprint density at radius 3 is 2.21 bits per heavy atom. The van der Waals surface area contributed by atoms with Gasteiger partial charge >= 0.3 is 6.18 Å². The first-order chi connectivity index (χ1) is 18.1. The summed E-state index contributed by atoms with van der Waals surface area (Å²) in [7, 11) is 0. The van der Waals surface area contributed by atoms with Gasteiger partial charge in [-0.25, -0.2) is 4.39 Å². The van der Waals surface area contributed by atoms with Gasteiger partial charge in [0.1, 0.15) is 0 Å². The molecule has 0 bridgehead atoms. The van der Waals surface area contributed by atoms with Crippen molar-refractivity contribution in [2.75, 3.05) is 13.1 Å². The van der Waals surface area contributed by atoms with Crippen molar-refractivity contribution < 1.29 is 27.5 Å². The second-order valence-corrected chi connectivity index (χ2v) is 9.99. The molecule has 0 spiro atoms. The minimum absolute atomic E-state index is 0.0427. The molecular weight excluding hydrogens is 520 g/mol. The summed E-state index contributed by atoms with van der Waals surface area (Å²) in [6, 6.07) is 20.7. The van der Waals surface area contributed by atoms with E-state index in [0.29, 0.717) is 12.1 Å². The number of carbonyl (C=O) groups is 1. The first kappa shape index (κ1) is 28.2. The smallest absolute Gasteiger partial charge is 0.385 e. The van der Waals surface area contributed by atoms with Crippen LogP contribution in [0.5, 0.6) is 0 Å². The number of alkyl halides is 4. The Morgan fingerprint density at radius 2 is 1.61 bits per heavy atom. The summed E-state index contributed by atoms with van der Waals surface area (Å²) in [6.07, 6.45) is -6.17. The molecule has 0 saturated carbocycles. The minimum Gasteiger partial charge on any atom is -0.385 e. The zero-order valence-electron chi connectivity index (χ0n) is 20.6. The normalized spacial score (nSPS) is 17.6. The SMILES string of the molecule is O=C(c1ccccc1)C(CC(F)N1CCC(O)(c2ccc(Cl)c(C(F)(F)F)c2)CC1)NCc1ccccc1. The highest BCUT2D eigenvalue weighted by atomic mass is 35.5. The Hall–Kier alpha value is -2.78. The maximum absolute atomic E-state index is 15.6. The summed E-state index contributed by atoms with van der Waals surface area (Å²) in [6.45, 7) is 0.619. The lowest BCUT2D eigenvalue weighted by Gasteiger charge is -2.40. The molecule has 1 fully saturated rings. The molecule has 1 aliphatic rings. The van der Waals surface area contributed by atoms with Gasteiger partial charge in [0.05, 0.1) is 22.2 Å². The second-order valence-electron chi connectivity index (χ2n) is 9.58. The number of rotatable bonds is 9. The van der Waals surface area contributed by atoms with Gasteiger partial charge in [-0.05, 0) is 36.1 Å². The zero-order valence-corrected chi connectivity index (χ0v) is 21.4. The molecule has 4 nitrogen and oxygen atoms in total. The van der Waals surface area contributed by atoms with Gasteiger partial charge in [-0.3, -0.25) is 9.69 Å². The van der Waals surface area contributed by atoms with Crippen molar-refractivity contribution in [1.29, 1.82) is 0 Å². The number of hydrogen-bond donors (Lipinski definition) is 2. The number of carbonyl (C=O) groups excluding carboxylic acids is 1. The molecule has 2 N–H and O–H groups in total. The van der Waals surface area contributed by atoms with E-state index in [4.69, 9.17) is 11.6 Å². The molecule has 9 heteroatoms. The summed E-state index contributed by atoms with van der Waals surface area (Å²) in [5, 5.41) is 13.9. The first-order valence-corrected chi connectivity index (χ1v) is 12.8. The van der Waals surface area contributed by atoms with Crippen molar-refractivity contribution in [3.63, 3.8) is 0 Å². The lowest BCUT2D eigenvalue weighted by atomic mass is 9.83. The van der Waals surface area contributed by atoms with Crippen LogP contribution in [0.25, 0.3) is 0 Å². The average molecular weight is 549 g/mol. The third-order valence-electron chi connectivity index (χ3n) is 7.03. The number of ketones is 1. The van der Waals surface area contributed by atoms with Crippen LogP contribution in [0, 0.1) is 0 Å². The van der Waals surface area contributed by atoms with Gasteiger partial charge in [0.15, 0.2) is 12.1 Å². The van der Waals surface area contributed by atoms with Crippen molar-refractivity contribution in [3.05, 3.63) is 106 Å². The van der Waals surface area contributed by atoms with E-state index in [2.05, 4.69) is 5.32 Å². The number of nitrogens with one attached hydrogen (secondary N) is 1. The van der Waals surface area contributed by atoms with E-state index in [-0.39, 0.29) is 43.7 Å². The molecule has 2 unspecified atom stereocenters. The van der Waals surface area contributed by atoms with Crippen molar-refractivity contribution in [1.82, 2.24) is 10.2 Å². The fraction of sp³-hybridized carbons (Fsp3) is 0.345. The summed E-state index contributed by atoms with van der Waals surface area (Å²) in [4.78, 5) is 14.7. The van der Waals surface area contributed by atoms with E-state index in [1.165, 1.54) is 11.0 Å². The third-order valence-corrected chi connectivity index (χ3v) is 7.36. The molecule has 0 aromatic heterocycles. The molecule has 3 aromatic carbocycles. The maximum atomic E-state index is 15.6. The Kier molecular flexibility index (Phi) is 8.88. The van der Waals surface area contributed by atoms with Gasteiger partial charge in [-0.15, -0.1) is 0 Å². The van der Waals surface area contributed by atoms with Gasteiger partial charge in [0, 0.05) is 31.6 Å². The largest absolute Gasteiger partial charge is 0.417 e. The van der Waals surface area contributed by atoms with Crippen LogP contribution in [0.1, 0.15) is 46.3 Å². The van der Waals surface area contributed by atoms with Crippen molar-refractivity contribution in [3.8, 4) is 0 Å². The lowest BCUT2D eigenvalue weighted by molar-refractivity contribution is -0.137. The number of likely N-dealkylation sites (tertiary alicyclic amines) is 1. The minimum atomic E-state index is -4.65. The van der Waals surface area contributed by atoms with Crippen LogP contribution in [-0.2, 0) is 18.3 Å². The molecule has 202 valence electrons. The van der Waals surface area contributed by atoms with Gasteiger partial charge in [0.2, 0.25) is 0 Å². The molecule has 1 saturated heterocycles. The standard InChI is InChI=1S/C29H29ClF4N2O2/c30-24-12-11-22(17-23(24)29(32,33)34)28(38)13-15-36(16-14-28)26(31)18-25(27(37)21-9-5-2-6-10-21)35-19-20-7-3-1-4-8-20/h1-12,17,25-26,35,38H,13-16,18-19H2. The number of hydrogen-bond acceptors (Lipinski definition) is 4. The van der Waals surface area contributed by atoms with Gasteiger partial charge < -0.3 is 10.4 Å². The topological polar surface area (TPSA) is 52.6 Å². The van der Waals surface area contributed by atoms with Crippen molar-refractivity contribution in [2.45, 2.75) is 49.9 Å². The van der Waals surface area contributed by atoms with Crippen LogP contribution in [0.2, 0.25) is 5.02 Å². The number of benzene rings is 3. The number of piperidine rings is 1. The summed E-state index contributed by atoms with van der Waals surface area (Å²) >= 11 is 5.72. The average Bonchev–Trinajstić information content (AvgIpc) is 2.91. The molecule has 0 amide bonds. The molecule has 3 aromatic rings. The molecular formula is C29H29ClF4N2O2. The highest BCUT2D eigenvalue weighted by Crippen LogP contribution is 2.40. The van der Waals surface area contributed by atoms with Crippen LogP contribution >= 0.6 is 11.6 Å². The highest BCUT2D eigenvalue weighted by Gasteiger charge is 2.40. The summed E-state index contributed by atoms with van der Waals surface area (Å²) in [5.74, 6) is -0.224. The third kappa shape index (κ3) is 6.80. The maximum Gasteiger partial charge on any atom is 0.417 e. The Labute approximate surface area is 224 Å². The van der Waals surface area contributed by atoms with E-state index in [9.17, 15) is 23.1 Å². The number of Topliss-reactive ketones (excluding diaryl/α,β-unsaturated/α-hetero) is 1. The zero-order chi connectivity index (χ0) is 27.3. The lowest BCUT2D eigenvalue weighted by Crippen LogP contribution is -2.48. The molecule has 0 radical (unpaired) electrons. The Bertz CT molecular complexity index is 1220. The van der Waals surface area contributed by atoms with E-state index < -0.39 is 34.7 Å². The number of halogens is 5. The summed E-state index contributed by atoms with van der Waals surface area (Å²) in [5.41, 5.74) is -1.01. The first-order valence-electron chi connectivity index (χ1n) is 12.4. The molecule has 4 rings (SSSR count). The van der Waals surface area contributed by atoms with Gasteiger partial charge in [0.25, 0.3) is 0 Å². The quantitative estimate of drug-likeness (QED) is 0.185. The Balaban J connectivity index is 1.43. The monoisotopic (exact) mass is 548 g/mol. The van der Waals surface area contributed by atoms with Crippen LogP contribution in [-0.4, -0.2) is 41.2 Å². The van der Waals surface area contributed by atoms with Crippen molar-refractivity contribution >= 4 is 17.4 Å². The second kappa shape index (κ2) is 11.9.